The molecule has 0 saturated heterocycles. The van der Waals surface area contributed by atoms with E-state index in [9.17, 15) is 4.79 Å². The Labute approximate surface area is 113 Å². The van der Waals surface area contributed by atoms with Gasteiger partial charge in [-0.25, -0.2) is 9.89 Å². The van der Waals surface area contributed by atoms with Crippen LogP contribution in [0.5, 0.6) is 0 Å². The van der Waals surface area contributed by atoms with Crippen LogP contribution in [0, 0.1) is 0 Å². The number of thioether (sulfide) groups is 1. The molecule has 0 radical (unpaired) electrons. The topological polar surface area (TPSA) is 76.7 Å². The summed E-state index contributed by atoms with van der Waals surface area (Å²) in [6, 6.07) is 4.14. The van der Waals surface area contributed by atoms with Gasteiger partial charge in [0.1, 0.15) is 0 Å². The minimum atomic E-state index is -0.172. The fraction of sp³-hybridized carbons (Fsp3) is 0.455. The smallest absolute Gasteiger partial charge is 0.329 e. The second-order valence-corrected chi connectivity index (χ2v) is 6.28. The molecule has 0 saturated carbocycles. The molecule has 3 N–H and O–H groups in total. The summed E-state index contributed by atoms with van der Waals surface area (Å²) >= 11 is 3.20. The molecule has 0 amide bonds. The lowest BCUT2D eigenvalue weighted by molar-refractivity contribution is 0.533. The second kappa shape index (κ2) is 5.73. The molecule has 0 bridgehead atoms. The van der Waals surface area contributed by atoms with Gasteiger partial charge in [0.05, 0.1) is 5.25 Å². The zero-order valence-corrected chi connectivity index (χ0v) is 11.9. The number of rotatable bonds is 5. The highest BCUT2D eigenvalue weighted by atomic mass is 32.2. The van der Waals surface area contributed by atoms with E-state index in [2.05, 4.69) is 16.3 Å². The van der Waals surface area contributed by atoms with E-state index in [-0.39, 0.29) is 17.0 Å². The predicted octanol–water partition coefficient (Wildman–Crippen LogP) is 2.01. The van der Waals surface area contributed by atoms with Gasteiger partial charge in [0.15, 0.2) is 5.16 Å². The van der Waals surface area contributed by atoms with E-state index in [1.807, 2.05) is 25.3 Å². The molecular formula is C11H16N4OS2. The van der Waals surface area contributed by atoms with Crippen molar-refractivity contribution in [1.29, 1.82) is 0 Å². The van der Waals surface area contributed by atoms with Crippen LogP contribution in [0.3, 0.4) is 0 Å². The first-order valence-corrected chi connectivity index (χ1v) is 7.46. The number of thiophene rings is 1. The molecule has 5 nitrogen and oxygen atoms in total. The van der Waals surface area contributed by atoms with Gasteiger partial charge in [-0.2, -0.15) is 0 Å². The molecule has 1 unspecified atom stereocenters. The van der Waals surface area contributed by atoms with Gasteiger partial charge in [0, 0.05) is 17.5 Å². The van der Waals surface area contributed by atoms with E-state index < -0.39 is 0 Å². The van der Waals surface area contributed by atoms with Crippen molar-refractivity contribution in [2.24, 2.45) is 5.73 Å². The van der Waals surface area contributed by atoms with E-state index in [1.165, 1.54) is 16.6 Å². The Morgan fingerprint density at radius 3 is 2.94 bits per heavy atom. The number of nitrogens with one attached hydrogen (secondary N) is 1. The van der Waals surface area contributed by atoms with E-state index in [0.29, 0.717) is 11.7 Å². The molecule has 2 heterocycles. The van der Waals surface area contributed by atoms with Gasteiger partial charge in [-0.3, -0.25) is 4.57 Å². The molecule has 0 spiro atoms. The van der Waals surface area contributed by atoms with Gasteiger partial charge in [-0.05, 0) is 25.3 Å². The van der Waals surface area contributed by atoms with Crippen LogP contribution >= 0.6 is 23.1 Å². The number of hydrogen-bond acceptors (Lipinski definition) is 5. The van der Waals surface area contributed by atoms with Crippen LogP contribution in [0.2, 0.25) is 0 Å². The summed E-state index contributed by atoms with van der Waals surface area (Å²) < 4.78 is 1.65. The highest BCUT2D eigenvalue weighted by molar-refractivity contribution is 7.99. The number of hydrogen-bond donors (Lipinski definition) is 2. The molecule has 1 atom stereocenters. The molecule has 2 rings (SSSR count). The minimum Gasteiger partial charge on any atom is -0.329 e. The highest BCUT2D eigenvalue weighted by Crippen LogP contribution is 2.35. The zero-order valence-electron chi connectivity index (χ0n) is 10.3. The number of H-pyrrole nitrogens is 1. The Kier molecular flexibility index (Phi) is 4.26. The highest BCUT2D eigenvalue weighted by Gasteiger charge is 2.18. The number of aromatic nitrogens is 3. The summed E-state index contributed by atoms with van der Waals surface area (Å²) in [4.78, 5) is 12.8. The zero-order chi connectivity index (χ0) is 13.1. The van der Waals surface area contributed by atoms with Gasteiger partial charge in [0.2, 0.25) is 0 Å². The molecule has 2 aromatic heterocycles. The monoisotopic (exact) mass is 284 g/mol. The summed E-state index contributed by atoms with van der Waals surface area (Å²) in [6.07, 6.45) is 0. The molecule has 0 aliphatic rings. The van der Waals surface area contributed by atoms with Crippen molar-refractivity contribution in [2.45, 2.75) is 30.3 Å². The van der Waals surface area contributed by atoms with E-state index in [0.717, 1.165) is 0 Å². The number of aromatic amines is 1. The third-order valence-electron chi connectivity index (χ3n) is 2.51. The van der Waals surface area contributed by atoms with Crippen molar-refractivity contribution < 1.29 is 0 Å². The molecule has 0 fully saturated rings. The van der Waals surface area contributed by atoms with Gasteiger partial charge in [-0.1, -0.05) is 17.8 Å². The van der Waals surface area contributed by atoms with Gasteiger partial charge in [0.25, 0.3) is 0 Å². The molecule has 2 aromatic rings. The first-order valence-electron chi connectivity index (χ1n) is 5.70. The first-order chi connectivity index (χ1) is 8.63. The molecule has 7 heteroatoms. The van der Waals surface area contributed by atoms with Crippen molar-refractivity contribution >= 4 is 23.1 Å². The maximum Gasteiger partial charge on any atom is 0.344 e. The third-order valence-corrected chi connectivity index (χ3v) is 4.88. The maximum atomic E-state index is 11.6. The Morgan fingerprint density at radius 2 is 2.39 bits per heavy atom. The number of nitrogens with two attached hydrogens (primary N) is 1. The second-order valence-electron chi connectivity index (χ2n) is 4.13. The summed E-state index contributed by atoms with van der Waals surface area (Å²) in [5.41, 5.74) is 5.63. The molecule has 0 aliphatic carbocycles. The summed E-state index contributed by atoms with van der Waals surface area (Å²) in [6.45, 7) is 4.44. The Morgan fingerprint density at radius 1 is 1.61 bits per heavy atom. The summed E-state index contributed by atoms with van der Waals surface area (Å²) in [5.74, 6) is 0. The van der Waals surface area contributed by atoms with Crippen molar-refractivity contribution in [3.63, 3.8) is 0 Å². The third kappa shape index (κ3) is 2.68. The van der Waals surface area contributed by atoms with Crippen LogP contribution in [0.25, 0.3) is 0 Å². The molecular weight excluding hydrogens is 268 g/mol. The average Bonchev–Trinajstić information content (AvgIpc) is 2.95. The molecule has 0 aliphatic heterocycles. The van der Waals surface area contributed by atoms with Crippen molar-refractivity contribution in [3.8, 4) is 0 Å². The van der Waals surface area contributed by atoms with Gasteiger partial charge in [-0.15, -0.1) is 16.4 Å². The van der Waals surface area contributed by atoms with E-state index in [1.54, 1.807) is 15.9 Å². The summed E-state index contributed by atoms with van der Waals surface area (Å²) in [5, 5.41) is 9.42. The number of nitrogens with zero attached hydrogens (tertiary/aromatic N) is 2. The van der Waals surface area contributed by atoms with Crippen LogP contribution in [0.15, 0.2) is 27.5 Å². The fourth-order valence-corrected chi connectivity index (χ4v) is 3.73. The maximum absolute atomic E-state index is 11.6. The van der Waals surface area contributed by atoms with Crippen LogP contribution < -0.4 is 11.4 Å². The normalized spacial score (nSPS) is 13.1. The van der Waals surface area contributed by atoms with Crippen molar-refractivity contribution in [1.82, 2.24) is 14.8 Å². The van der Waals surface area contributed by atoms with Crippen LogP contribution in [0.1, 0.15) is 30.0 Å². The SMILES string of the molecule is CC(C)n1c(SC(CN)c2cccs2)n[nH]c1=O. The van der Waals surface area contributed by atoms with Crippen LogP contribution in [-0.2, 0) is 0 Å². The first kappa shape index (κ1) is 13.4. The van der Waals surface area contributed by atoms with E-state index in [4.69, 9.17) is 5.73 Å². The standard InChI is InChI=1S/C11H16N4OS2/c1-7(2)15-10(16)13-14-11(15)18-9(6-12)8-4-3-5-17-8/h3-5,7,9H,6,12H2,1-2H3,(H,13,16). The predicted molar refractivity (Wildman–Crippen MR) is 75.2 cm³/mol. The van der Waals surface area contributed by atoms with Crippen LogP contribution in [0.4, 0.5) is 0 Å². The van der Waals surface area contributed by atoms with Gasteiger partial charge >= 0.3 is 5.69 Å². The van der Waals surface area contributed by atoms with Crippen molar-refractivity contribution in [3.05, 3.63) is 32.9 Å². The minimum absolute atomic E-state index is 0.0838. The Bertz CT molecular complexity index is 544. The molecule has 18 heavy (non-hydrogen) atoms. The quantitative estimate of drug-likeness (QED) is 0.823. The Balaban J connectivity index is 2.25. The Hall–Kier alpha value is -1.05. The van der Waals surface area contributed by atoms with Crippen LogP contribution in [-0.4, -0.2) is 21.3 Å². The lowest BCUT2D eigenvalue weighted by Gasteiger charge is -2.14. The van der Waals surface area contributed by atoms with E-state index >= 15 is 0 Å². The lowest BCUT2D eigenvalue weighted by Crippen LogP contribution is -2.20. The molecule has 0 aromatic carbocycles. The van der Waals surface area contributed by atoms with Crippen molar-refractivity contribution in [2.75, 3.05) is 6.54 Å². The average molecular weight is 284 g/mol. The fourth-order valence-electron chi connectivity index (χ4n) is 1.65. The summed E-state index contributed by atoms with van der Waals surface area (Å²) in [7, 11) is 0. The van der Waals surface area contributed by atoms with Gasteiger partial charge < -0.3 is 5.73 Å². The largest absolute Gasteiger partial charge is 0.344 e. The lowest BCUT2D eigenvalue weighted by atomic mass is 10.3. The molecule has 98 valence electrons.